The maximum atomic E-state index is 13.7. The van der Waals surface area contributed by atoms with Gasteiger partial charge in [0, 0.05) is 19.2 Å². The Morgan fingerprint density at radius 3 is 2.81 bits per heavy atom. The minimum absolute atomic E-state index is 0.152. The molecule has 0 aliphatic heterocycles. The van der Waals surface area contributed by atoms with Crippen molar-refractivity contribution in [2.45, 2.75) is 6.54 Å². The van der Waals surface area contributed by atoms with Gasteiger partial charge in [-0.05, 0) is 41.5 Å². The zero-order chi connectivity index (χ0) is 18.9. The van der Waals surface area contributed by atoms with Crippen molar-refractivity contribution in [1.82, 2.24) is 4.90 Å². The lowest BCUT2D eigenvalue weighted by atomic mass is 10.1. The number of methoxy groups -OCH3 is 1. The van der Waals surface area contributed by atoms with Crippen LogP contribution in [0.5, 0.6) is 5.75 Å². The highest BCUT2D eigenvalue weighted by atomic mass is 19.1. The monoisotopic (exact) mass is 350 g/mol. The van der Waals surface area contributed by atoms with E-state index in [1.807, 2.05) is 6.07 Å². The Morgan fingerprint density at radius 1 is 1.35 bits per heavy atom. The summed E-state index contributed by atoms with van der Waals surface area (Å²) in [6.45, 7) is 4.38. The average Bonchev–Trinajstić information content (AvgIpc) is 2.66. The number of hydrogen-bond donors (Lipinski definition) is 0. The minimum atomic E-state index is -0.488. The van der Waals surface area contributed by atoms with Gasteiger partial charge in [-0.1, -0.05) is 24.3 Å². The molecule has 0 heterocycles. The van der Waals surface area contributed by atoms with E-state index >= 15 is 0 Å². The van der Waals surface area contributed by atoms with Crippen molar-refractivity contribution in [3.8, 4) is 11.8 Å². The number of carbonyl (C=O) groups is 1. The van der Waals surface area contributed by atoms with E-state index in [1.165, 1.54) is 25.3 Å². The maximum absolute atomic E-state index is 13.7. The predicted molar refractivity (Wildman–Crippen MR) is 98.8 cm³/mol. The summed E-state index contributed by atoms with van der Waals surface area (Å²) >= 11 is 0. The van der Waals surface area contributed by atoms with E-state index in [2.05, 4.69) is 12.6 Å². The zero-order valence-corrected chi connectivity index (χ0v) is 14.5. The molecule has 26 heavy (non-hydrogen) atoms. The van der Waals surface area contributed by atoms with Crippen molar-refractivity contribution in [2.24, 2.45) is 0 Å². The number of halogens is 1. The third kappa shape index (κ3) is 5.05. The first kappa shape index (κ1) is 18.9. The molecule has 5 heteroatoms. The van der Waals surface area contributed by atoms with Crippen molar-refractivity contribution < 1.29 is 13.9 Å². The lowest BCUT2D eigenvalue weighted by molar-refractivity contribution is -0.126. The van der Waals surface area contributed by atoms with Crippen LogP contribution >= 0.6 is 0 Å². The van der Waals surface area contributed by atoms with E-state index in [1.54, 1.807) is 41.3 Å². The molecule has 0 spiro atoms. The number of nitriles is 1. The van der Waals surface area contributed by atoms with Gasteiger partial charge in [-0.3, -0.25) is 4.79 Å². The highest BCUT2D eigenvalue weighted by molar-refractivity contribution is 5.91. The topological polar surface area (TPSA) is 53.3 Å². The van der Waals surface area contributed by atoms with Gasteiger partial charge in [-0.25, -0.2) is 4.39 Å². The number of ether oxygens (including phenoxy) is 1. The fourth-order valence-electron chi connectivity index (χ4n) is 2.41. The second-order valence-electron chi connectivity index (χ2n) is 5.55. The molecule has 0 atom stereocenters. The number of hydrogen-bond acceptors (Lipinski definition) is 3. The number of nitrogens with zero attached hydrogens (tertiary/aromatic N) is 2. The lowest BCUT2D eigenvalue weighted by Gasteiger charge is -2.19. The molecule has 1 amide bonds. The van der Waals surface area contributed by atoms with Gasteiger partial charge in [0.05, 0.1) is 18.7 Å². The van der Waals surface area contributed by atoms with E-state index in [-0.39, 0.29) is 11.7 Å². The number of amides is 1. The SMILES string of the molecule is C=CCN(Cc1cccc(C#N)c1)C(=O)C=Cc1ccc(OC)c(F)c1. The van der Waals surface area contributed by atoms with E-state index in [9.17, 15) is 9.18 Å². The van der Waals surface area contributed by atoms with Gasteiger partial charge in [-0.15, -0.1) is 6.58 Å². The standard InChI is InChI=1S/C21H19FN2O2/c1-3-11-24(15-18-6-4-5-17(12-18)14-23)21(25)10-8-16-7-9-20(26-2)19(22)13-16/h3-10,12-13H,1,11,15H2,2H3. The van der Waals surface area contributed by atoms with Crippen LogP contribution in [0.2, 0.25) is 0 Å². The van der Waals surface area contributed by atoms with Crippen LogP contribution in [-0.2, 0) is 11.3 Å². The summed E-state index contributed by atoms with van der Waals surface area (Å²) in [4.78, 5) is 14.1. The van der Waals surface area contributed by atoms with Crippen molar-refractivity contribution >= 4 is 12.0 Å². The smallest absolute Gasteiger partial charge is 0.247 e. The first-order valence-electron chi connectivity index (χ1n) is 7.98. The van der Waals surface area contributed by atoms with Crippen molar-refractivity contribution in [1.29, 1.82) is 5.26 Å². The molecular weight excluding hydrogens is 331 g/mol. The molecule has 0 bridgehead atoms. The summed E-state index contributed by atoms with van der Waals surface area (Å²) in [6.07, 6.45) is 4.57. The first-order chi connectivity index (χ1) is 12.6. The molecule has 132 valence electrons. The highest BCUT2D eigenvalue weighted by Crippen LogP contribution is 2.18. The maximum Gasteiger partial charge on any atom is 0.247 e. The van der Waals surface area contributed by atoms with Crippen molar-refractivity contribution in [3.63, 3.8) is 0 Å². The largest absolute Gasteiger partial charge is 0.494 e. The van der Waals surface area contributed by atoms with Crippen molar-refractivity contribution in [2.75, 3.05) is 13.7 Å². The molecule has 0 saturated carbocycles. The van der Waals surface area contributed by atoms with E-state index in [0.29, 0.717) is 24.2 Å². The van der Waals surface area contributed by atoms with Gasteiger partial charge in [0.2, 0.25) is 5.91 Å². The zero-order valence-electron chi connectivity index (χ0n) is 14.5. The predicted octanol–water partition coefficient (Wildman–Crippen LogP) is 3.93. The Morgan fingerprint density at radius 2 is 2.15 bits per heavy atom. The summed E-state index contributed by atoms with van der Waals surface area (Å²) in [5, 5.41) is 8.98. The normalized spacial score (nSPS) is 10.3. The van der Waals surface area contributed by atoms with Crippen LogP contribution in [0.3, 0.4) is 0 Å². The van der Waals surface area contributed by atoms with Crippen LogP contribution in [0, 0.1) is 17.1 Å². The van der Waals surface area contributed by atoms with Crippen LogP contribution in [0.15, 0.2) is 61.2 Å². The quantitative estimate of drug-likeness (QED) is 0.561. The average molecular weight is 350 g/mol. The summed E-state index contributed by atoms with van der Waals surface area (Å²) < 4.78 is 18.6. The van der Waals surface area contributed by atoms with E-state index in [0.717, 1.165) is 5.56 Å². The van der Waals surface area contributed by atoms with Crippen LogP contribution in [-0.4, -0.2) is 24.5 Å². The summed E-state index contributed by atoms with van der Waals surface area (Å²) in [5.41, 5.74) is 1.95. The number of rotatable bonds is 7. The molecule has 0 radical (unpaired) electrons. The van der Waals surface area contributed by atoms with Gasteiger partial charge in [0.15, 0.2) is 11.6 Å². The van der Waals surface area contributed by atoms with Crippen LogP contribution in [0.4, 0.5) is 4.39 Å². The number of carbonyl (C=O) groups excluding carboxylic acids is 1. The number of benzene rings is 2. The van der Waals surface area contributed by atoms with Crippen LogP contribution in [0.25, 0.3) is 6.08 Å². The third-order valence-electron chi connectivity index (χ3n) is 3.68. The highest BCUT2D eigenvalue weighted by Gasteiger charge is 2.10. The summed E-state index contributed by atoms with van der Waals surface area (Å²) in [6, 6.07) is 13.6. The first-order valence-corrected chi connectivity index (χ1v) is 7.98. The molecule has 2 aromatic carbocycles. The second-order valence-corrected chi connectivity index (χ2v) is 5.55. The minimum Gasteiger partial charge on any atom is -0.494 e. The molecular formula is C21H19FN2O2. The Kier molecular flexibility index (Phi) is 6.69. The molecule has 0 aromatic heterocycles. The van der Waals surface area contributed by atoms with Gasteiger partial charge >= 0.3 is 0 Å². The molecule has 2 aromatic rings. The van der Waals surface area contributed by atoms with Gasteiger partial charge in [0.1, 0.15) is 0 Å². The van der Waals surface area contributed by atoms with E-state index in [4.69, 9.17) is 10.00 Å². The molecule has 0 aliphatic carbocycles. The third-order valence-corrected chi connectivity index (χ3v) is 3.68. The second kappa shape index (κ2) is 9.19. The Labute approximate surface area is 152 Å². The van der Waals surface area contributed by atoms with Gasteiger partial charge in [0.25, 0.3) is 0 Å². The molecule has 0 saturated heterocycles. The Balaban J connectivity index is 2.13. The molecule has 0 aliphatic rings. The summed E-state index contributed by atoms with van der Waals surface area (Å²) in [7, 11) is 1.39. The molecule has 0 N–H and O–H groups in total. The Hall–Kier alpha value is -3.39. The molecule has 2 rings (SSSR count). The fraction of sp³-hybridized carbons (Fsp3) is 0.143. The lowest BCUT2D eigenvalue weighted by Crippen LogP contribution is -2.29. The fourth-order valence-corrected chi connectivity index (χ4v) is 2.41. The Bertz CT molecular complexity index is 869. The molecule has 0 fully saturated rings. The van der Waals surface area contributed by atoms with Gasteiger partial charge < -0.3 is 9.64 Å². The van der Waals surface area contributed by atoms with E-state index < -0.39 is 5.82 Å². The molecule has 0 unspecified atom stereocenters. The van der Waals surface area contributed by atoms with Gasteiger partial charge in [-0.2, -0.15) is 5.26 Å². The summed E-state index contributed by atoms with van der Waals surface area (Å²) in [5.74, 6) is -0.569. The molecule has 4 nitrogen and oxygen atoms in total. The van der Waals surface area contributed by atoms with Crippen LogP contribution in [0.1, 0.15) is 16.7 Å². The van der Waals surface area contributed by atoms with Crippen molar-refractivity contribution in [3.05, 3.63) is 83.7 Å². The van der Waals surface area contributed by atoms with Crippen LogP contribution < -0.4 is 4.74 Å².